The molecule has 0 amide bonds. The molecule has 0 aliphatic carbocycles. The summed E-state index contributed by atoms with van der Waals surface area (Å²) < 4.78 is 11.9. The maximum absolute atomic E-state index is 12.4. The third kappa shape index (κ3) is 4.40. The summed E-state index contributed by atoms with van der Waals surface area (Å²) in [7, 11) is 0. The number of carbonyl (C=O) groups is 3. The van der Waals surface area contributed by atoms with Crippen LogP contribution in [0.25, 0.3) is 22.7 Å². The summed E-state index contributed by atoms with van der Waals surface area (Å²) in [4.78, 5) is 47.5. The Hall–Kier alpha value is -4.25. The van der Waals surface area contributed by atoms with E-state index in [0.717, 1.165) is 6.20 Å². The lowest BCUT2D eigenvalue weighted by atomic mass is 10.1. The fraction of sp³-hybridized carbons (Fsp3) is 0.350. The number of nitrogens with zero attached hydrogens (tertiary/aromatic N) is 5. The minimum atomic E-state index is -1.49. The van der Waals surface area contributed by atoms with Gasteiger partial charge in [-0.2, -0.15) is 5.10 Å². The molecule has 1 aliphatic rings. The molecule has 1 saturated heterocycles. The first kappa shape index (κ1) is 24.9. The molecule has 1 aliphatic heterocycles. The molecular formula is C20H21N7O9. The largest absolute Gasteiger partial charge is 0.478 e. The number of aliphatic carboxylic acids is 1. The van der Waals surface area contributed by atoms with Gasteiger partial charge >= 0.3 is 11.9 Å². The highest BCUT2D eigenvalue weighted by atomic mass is 16.6. The zero-order chi connectivity index (χ0) is 26.0. The Bertz CT molecular complexity index is 1330. The number of aromatic amines is 1. The van der Waals surface area contributed by atoms with Crippen molar-refractivity contribution >= 4 is 35.2 Å². The van der Waals surface area contributed by atoms with E-state index in [1.807, 2.05) is 0 Å². The third-order valence-corrected chi connectivity index (χ3v) is 5.30. The number of H-pyrrole nitrogens is 1. The van der Waals surface area contributed by atoms with E-state index in [1.54, 1.807) is 6.92 Å². The Balaban J connectivity index is 1.87. The average Bonchev–Trinajstić information content (AvgIpc) is 3.57. The number of anilines is 1. The number of carbonyl (C=O) groups excluding carboxylic acids is 2. The van der Waals surface area contributed by atoms with Crippen molar-refractivity contribution in [2.24, 2.45) is 0 Å². The fourth-order valence-corrected chi connectivity index (χ4v) is 3.54. The highest BCUT2D eigenvalue weighted by molar-refractivity contribution is 6.07. The maximum Gasteiger partial charge on any atom is 0.342 e. The van der Waals surface area contributed by atoms with Crippen LogP contribution < -0.4 is 5.32 Å². The van der Waals surface area contributed by atoms with Crippen LogP contribution >= 0.6 is 0 Å². The number of hydrogen-bond donors (Lipinski definition) is 6. The van der Waals surface area contributed by atoms with E-state index in [9.17, 15) is 29.7 Å². The average molecular weight is 503 g/mol. The predicted molar refractivity (Wildman–Crippen MR) is 117 cm³/mol. The molecule has 4 heterocycles. The summed E-state index contributed by atoms with van der Waals surface area (Å²) >= 11 is 0. The summed E-state index contributed by atoms with van der Waals surface area (Å²) in [6, 6.07) is 0. The van der Waals surface area contributed by atoms with Crippen LogP contribution in [-0.2, 0) is 19.1 Å². The smallest absolute Gasteiger partial charge is 0.342 e. The summed E-state index contributed by atoms with van der Waals surface area (Å²) in [5.41, 5.74) is -0.512. The van der Waals surface area contributed by atoms with Gasteiger partial charge in [0, 0.05) is 12.4 Å². The SMILES string of the molecule is CCOC(=O)c1c[nH]nc1-c1nc(N/C=C(/C=O)C(=O)O)c2ncn([C@@H]3O[C@H](CO)[C@@H](O)[C@H]3O)c2n1. The Morgan fingerprint density at radius 2 is 2.08 bits per heavy atom. The van der Waals surface area contributed by atoms with Gasteiger partial charge in [0.2, 0.25) is 0 Å². The van der Waals surface area contributed by atoms with Gasteiger partial charge in [-0.1, -0.05) is 0 Å². The van der Waals surface area contributed by atoms with Gasteiger partial charge in [0.05, 0.1) is 19.5 Å². The Morgan fingerprint density at radius 3 is 2.72 bits per heavy atom. The Labute approximate surface area is 201 Å². The first-order valence-electron chi connectivity index (χ1n) is 10.5. The number of carboxylic acids is 1. The summed E-state index contributed by atoms with van der Waals surface area (Å²) in [6.07, 6.45) is -1.60. The molecule has 4 atom stereocenters. The van der Waals surface area contributed by atoms with Crippen molar-refractivity contribution in [3.8, 4) is 11.5 Å². The Morgan fingerprint density at radius 1 is 1.31 bits per heavy atom. The third-order valence-electron chi connectivity index (χ3n) is 5.30. The predicted octanol–water partition coefficient (Wildman–Crippen LogP) is -1.42. The number of rotatable bonds is 9. The fourth-order valence-electron chi connectivity index (χ4n) is 3.54. The first-order chi connectivity index (χ1) is 17.3. The van der Waals surface area contributed by atoms with Crippen LogP contribution in [0, 0.1) is 0 Å². The van der Waals surface area contributed by atoms with Crippen molar-refractivity contribution in [3.05, 3.63) is 29.9 Å². The molecule has 0 unspecified atom stereocenters. The van der Waals surface area contributed by atoms with E-state index in [2.05, 4.69) is 30.5 Å². The van der Waals surface area contributed by atoms with Crippen molar-refractivity contribution in [1.29, 1.82) is 0 Å². The first-order valence-corrected chi connectivity index (χ1v) is 10.5. The number of aliphatic hydroxyl groups is 3. The van der Waals surface area contributed by atoms with Gasteiger partial charge in [-0.25, -0.2) is 24.5 Å². The number of nitrogens with one attached hydrogen (secondary N) is 2. The molecule has 16 nitrogen and oxygen atoms in total. The maximum atomic E-state index is 12.4. The molecule has 0 spiro atoms. The number of aldehydes is 1. The van der Waals surface area contributed by atoms with Crippen LogP contribution in [0.4, 0.5) is 5.82 Å². The van der Waals surface area contributed by atoms with E-state index in [1.165, 1.54) is 17.1 Å². The minimum Gasteiger partial charge on any atom is -0.478 e. The molecule has 190 valence electrons. The molecule has 4 rings (SSSR count). The number of hydrogen-bond acceptors (Lipinski definition) is 13. The van der Waals surface area contributed by atoms with Gasteiger partial charge in [0.1, 0.15) is 35.1 Å². The van der Waals surface area contributed by atoms with Crippen LogP contribution in [0.2, 0.25) is 0 Å². The van der Waals surface area contributed by atoms with Crippen LogP contribution in [0.5, 0.6) is 0 Å². The number of esters is 1. The number of imidazole rings is 1. The quantitative estimate of drug-likeness (QED) is 0.0647. The molecule has 6 N–H and O–H groups in total. The highest BCUT2D eigenvalue weighted by Crippen LogP contribution is 2.33. The zero-order valence-corrected chi connectivity index (χ0v) is 18.6. The number of ether oxygens (including phenoxy) is 2. The molecule has 0 bridgehead atoms. The van der Waals surface area contributed by atoms with E-state index in [0.29, 0.717) is 0 Å². The van der Waals surface area contributed by atoms with E-state index in [4.69, 9.17) is 14.6 Å². The standard InChI is InChI=1S/C20H21N7O9/c1-2-35-20(34)9-4-23-26-11(9)16-24-15(21-3-8(5-28)19(32)33)12-17(25-16)27(7-22-12)18-14(31)13(30)10(6-29)36-18/h3-5,7,10,13-14,18,29-31H,2,6H2,1H3,(H,23,26)(H,32,33)(H,21,24,25)/b8-3-/t10-,13-,14-,18-/m1/s1. The van der Waals surface area contributed by atoms with Crippen LogP contribution in [0.15, 0.2) is 24.3 Å². The van der Waals surface area contributed by atoms with E-state index < -0.39 is 48.7 Å². The van der Waals surface area contributed by atoms with Crippen LogP contribution in [0.1, 0.15) is 23.5 Å². The van der Waals surface area contributed by atoms with Gasteiger partial charge in [-0.05, 0) is 6.92 Å². The minimum absolute atomic E-state index is 0.00914. The molecule has 1 fully saturated rings. The van der Waals surface area contributed by atoms with Gasteiger partial charge in [0.25, 0.3) is 0 Å². The number of fused-ring (bicyclic) bond motifs is 1. The summed E-state index contributed by atoms with van der Waals surface area (Å²) in [6.45, 7) is 1.17. The molecule has 3 aromatic heterocycles. The molecule has 0 aromatic carbocycles. The van der Waals surface area contributed by atoms with Gasteiger partial charge in [-0.3, -0.25) is 14.5 Å². The number of aliphatic hydroxyl groups excluding tert-OH is 3. The second kappa shape index (κ2) is 10.2. The lowest BCUT2D eigenvalue weighted by Crippen LogP contribution is -2.33. The lowest BCUT2D eigenvalue weighted by molar-refractivity contribution is -0.133. The van der Waals surface area contributed by atoms with Crippen molar-refractivity contribution in [3.63, 3.8) is 0 Å². The van der Waals surface area contributed by atoms with Crippen molar-refractivity contribution in [2.75, 3.05) is 18.5 Å². The van der Waals surface area contributed by atoms with Crippen molar-refractivity contribution in [2.45, 2.75) is 31.5 Å². The number of aromatic nitrogens is 6. The van der Waals surface area contributed by atoms with Crippen LogP contribution in [-0.4, -0.2) is 99.9 Å². The lowest BCUT2D eigenvalue weighted by Gasteiger charge is -2.17. The highest BCUT2D eigenvalue weighted by Gasteiger charge is 2.44. The van der Waals surface area contributed by atoms with Crippen molar-refractivity contribution in [1.82, 2.24) is 29.7 Å². The second-order valence-electron chi connectivity index (χ2n) is 7.48. The molecule has 3 aromatic rings. The molecule has 0 radical (unpaired) electrons. The van der Waals surface area contributed by atoms with E-state index >= 15 is 0 Å². The molecular weight excluding hydrogens is 482 g/mol. The topological polar surface area (TPSA) is 235 Å². The Kier molecular flexibility index (Phi) is 7.02. The monoisotopic (exact) mass is 503 g/mol. The zero-order valence-electron chi connectivity index (χ0n) is 18.6. The number of carboxylic acid groups (broad SMARTS) is 1. The normalized spacial score (nSPS) is 22.1. The van der Waals surface area contributed by atoms with Gasteiger partial charge in [0.15, 0.2) is 35.3 Å². The van der Waals surface area contributed by atoms with Gasteiger partial charge in [-0.15, -0.1) is 0 Å². The molecule has 16 heteroatoms. The van der Waals surface area contributed by atoms with Crippen LogP contribution in [0.3, 0.4) is 0 Å². The van der Waals surface area contributed by atoms with Gasteiger partial charge < -0.3 is 35.2 Å². The van der Waals surface area contributed by atoms with E-state index in [-0.39, 0.29) is 47.0 Å². The summed E-state index contributed by atoms with van der Waals surface area (Å²) in [5.74, 6) is -2.39. The molecule has 36 heavy (non-hydrogen) atoms. The second-order valence-corrected chi connectivity index (χ2v) is 7.48. The summed E-state index contributed by atoms with van der Waals surface area (Å²) in [5, 5.41) is 48.3. The molecule has 0 saturated carbocycles. The van der Waals surface area contributed by atoms with Crippen molar-refractivity contribution < 1.29 is 44.3 Å².